The summed E-state index contributed by atoms with van der Waals surface area (Å²) in [5.74, 6) is -0.943. The van der Waals surface area contributed by atoms with Crippen LogP contribution in [0.4, 0.5) is 0 Å². The van der Waals surface area contributed by atoms with Crippen molar-refractivity contribution < 1.29 is 47.2 Å². The Balaban J connectivity index is 4.56. The van der Waals surface area contributed by atoms with Gasteiger partial charge in [-0.05, 0) is 44.9 Å². The minimum absolute atomic E-state index is 0.0531. The van der Waals surface area contributed by atoms with Crippen LogP contribution in [0.25, 0.3) is 0 Å². The Labute approximate surface area is 329 Å². The molecule has 314 valence electrons. The summed E-state index contributed by atoms with van der Waals surface area (Å²) in [5, 5.41) is 10.1. The highest BCUT2D eigenvalue weighted by Crippen LogP contribution is 2.38. The van der Waals surface area contributed by atoms with Crippen molar-refractivity contribution in [1.29, 1.82) is 0 Å². The van der Waals surface area contributed by atoms with Gasteiger partial charge in [0.05, 0.1) is 33.9 Å². The summed E-state index contributed by atoms with van der Waals surface area (Å²) >= 11 is 0. The van der Waals surface area contributed by atoms with Gasteiger partial charge in [0.25, 0.3) is 7.82 Å². The van der Waals surface area contributed by atoms with E-state index >= 15 is 0 Å². The molecule has 0 bridgehead atoms. The molecule has 11 heteroatoms. The molecule has 0 aromatic rings. The van der Waals surface area contributed by atoms with E-state index in [9.17, 15) is 24.2 Å². The number of allylic oxidation sites excluding steroid dienone is 6. The van der Waals surface area contributed by atoms with Crippen LogP contribution in [0.5, 0.6) is 0 Å². The van der Waals surface area contributed by atoms with Gasteiger partial charge in [-0.15, -0.1) is 0 Å². The zero-order valence-corrected chi connectivity index (χ0v) is 35.7. The van der Waals surface area contributed by atoms with E-state index in [0.29, 0.717) is 43.1 Å². The van der Waals surface area contributed by atoms with E-state index in [1.807, 2.05) is 57.6 Å². The first-order valence-electron chi connectivity index (χ1n) is 21.0. The van der Waals surface area contributed by atoms with Crippen molar-refractivity contribution >= 4 is 19.8 Å². The number of quaternary nitrogens is 1. The minimum atomic E-state index is -4.65. The second kappa shape index (κ2) is 35.4. The number of carbonyl (C=O) groups excluding carboxylic acids is 2. The van der Waals surface area contributed by atoms with Crippen LogP contribution in [0.3, 0.4) is 0 Å². The number of ether oxygens (including phenoxy) is 2. The first-order chi connectivity index (χ1) is 25.9. The van der Waals surface area contributed by atoms with E-state index in [1.165, 1.54) is 77.0 Å². The molecule has 0 amide bonds. The van der Waals surface area contributed by atoms with E-state index in [1.54, 1.807) is 6.08 Å². The monoisotopic (exact) mass is 784 g/mol. The maximum absolute atomic E-state index is 12.6. The van der Waals surface area contributed by atoms with Crippen LogP contribution in [0, 0.1) is 0 Å². The third kappa shape index (κ3) is 38.2. The number of phosphoric acid groups is 1. The number of carbonyl (C=O) groups is 2. The number of aliphatic hydroxyl groups excluding tert-OH is 1. The van der Waals surface area contributed by atoms with Crippen molar-refractivity contribution in [2.24, 2.45) is 0 Å². The highest BCUT2D eigenvalue weighted by atomic mass is 31.2. The average molecular weight is 784 g/mol. The lowest BCUT2D eigenvalue weighted by atomic mass is 10.0. The quantitative estimate of drug-likeness (QED) is 0.0163. The van der Waals surface area contributed by atoms with Gasteiger partial charge in [-0.2, -0.15) is 0 Å². The number of likely N-dealkylation sites (N-methyl/N-ethyl adjacent to an activating group) is 1. The van der Waals surface area contributed by atoms with Crippen LogP contribution in [-0.4, -0.2) is 81.2 Å². The molecule has 0 aromatic carbocycles. The molecule has 1 unspecified atom stereocenters. The molecule has 10 nitrogen and oxygen atoms in total. The smallest absolute Gasteiger partial charge is 0.306 e. The molecule has 0 rings (SSSR count). The summed E-state index contributed by atoms with van der Waals surface area (Å²) < 4.78 is 33.7. The topological polar surface area (TPSA) is 131 Å². The normalized spacial score (nSPS) is 14.7. The molecule has 54 heavy (non-hydrogen) atoms. The minimum Gasteiger partial charge on any atom is -0.756 e. The lowest BCUT2D eigenvalue weighted by Crippen LogP contribution is -2.37. The fourth-order valence-corrected chi connectivity index (χ4v) is 6.04. The molecular weight excluding hydrogens is 705 g/mol. The summed E-state index contributed by atoms with van der Waals surface area (Å²) in [5.41, 5.74) is 0. The summed E-state index contributed by atoms with van der Waals surface area (Å²) in [6.07, 6.45) is 36.0. The van der Waals surface area contributed by atoms with Gasteiger partial charge in [0.1, 0.15) is 19.8 Å². The van der Waals surface area contributed by atoms with Gasteiger partial charge in [-0.1, -0.05) is 146 Å². The van der Waals surface area contributed by atoms with Crippen molar-refractivity contribution in [3.8, 4) is 0 Å². The summed E-state index contributed by atoms with van der Waals surface area (Å²) in [6, 6.07) is 0. The van der Waals surface area contributed by atoms with Crippen molar-refractivity contribution in [3.05, 3.63) is 48.6 Å². The van der Waals surface area contributed by atoms with Gasteiger partial charge in [0.2, 0.25) is 0 Å². The second-order valence-electron chi connectivity index (χ2n) is 15.2. The molecule has 0 saturated heterocycles. The highest BCUT2D eigenvalue weighted by Gasteiger charge is 2.21. The van der Waals surface area contributed by atoms with Crippen LogP contribution in [0.15, 0.2) is 48.6 Å². The summed E-state index contributed by atoms with van der Waals surface area (Å²) in [4.78, 5) is 37.4. The van der Waals surface area contributed by atoms with Crippen LogP contribution < -0.4 is 4.89 Å². The number of hydrogen-bond acceptors (Lipinski definition) is 9. The molecule has 0 radical (unpaired) electrons. The Bertz CT molecular complexity index is 1080. The fraction of sp³-hybridized carbons (Fsp3) is 0.767. The van der Waals surface area contributed by atoms with Crippen molar-refractivity contribution in [3.63, 3.8) is 0 Å². The van der Waals surface area contributed by atoms with Crippen LogP contribution >= 0.6 is 7.82 Å². The largest absolute Gasteiger partial charge is 0.756 e. The van der Waals surface area contributed by atoms with Crippen molar-refractivity contribution in [2.45, 2.75) is 167 Å². The van der Waals surface area contributed by atoms with Crippen LogP contribution in [0.2, 0.25) is 0 Å². The van der Waals surface area contributed by atoms with E-state index < -0.39 is 38.6 Å². The zero-order valence-electron chi connectivity index (χ0n) is 34.8. The molecular formula is C43H78NO9P. The number of nitrogens with zero attached hydrogens (tertiary/aromatic N) is 1. The van der Waals surface area contributed by atoms with Crippen LogP contribution in [0.1, 0.15) is 155 Å². The molecule has 0 spiro atoms. The Hall–Kier alpha value is -2.07. The van der Waals surface area contributed by atoms with Gasteiger partial charge < -0.3 is 33.0 Å². The SMILES string of the molecule is CCCCC/C=C\C=C/[C@H](O)C/C=C\C/C=C/CCCC(=O)O[C@H](COC(=O)CCCCCCCCCCCCCC)COP(=O)([O-])OCC[N+](C)(C)C. The molecule has 0 aliphatic rings. The standard InChI is InChI=1S/C43H78NO9P/c1-6-8-10-12-14-15-16-17-18-22-26-30-34-42(46)50-38-41(39-52-54(48,49)51-37-36-44(3,4)5)53-43(47)35-31-27-23-19-21-25-29-33-40(45)32-28-24-20-13-11-9-7-2/h19-20,23-25,28-29,32,40-41,45H,6-18,21-22,26-27,30-31,33-39H2,1-5H3/b23-19+,24-20-,29-25-,32-28-/t40-,41+/m0/s1. The fourth-order valence-electron chi connectivity index (χ4n) is 5.31. The number of esters is 2. The molecule has 0 aliphatic heterocycles. The van der Waals surface area contributed by atoms with Gasteiger partial charge >= 0.3 is 11.9 Å². The van der Waals surface area contributed by atoms with Gasteiger partial charge in [0, 0.05) is 12.8 Å². The first-order valence-corrected chi connectivity index (χ1v) is 22.4. The molecule has 0 saturated carbocycles. The van der Waals surface area contributed by atoms with E-state index in [4.69, 9.17) is 18.5 Å². The first kappa shape index (κ1) is 51.9. The number of rotatable bonds is 37. The number of aliphatic hydroxyl groups is 1. The zero-order chi connectivity index (χ0) is 40.2. The van der Waals surface area contributed by atoms with Gasteiger partial charge in [-0.3, -0.25) is 14.2 Å². The Kier molecular flexibility index (Phi) is 34.0. The maximum Gasteiger partial charge on any atom is 0.306 e. The van der Waals surface area contributed by atoms with E-state index in [2.05, 4.69) is 19.9 Å². The summed E-state index contributed by atoms with van der Waals surface area (Å²) in [6.45, 7) is 4.02. The summed E-state index contributed by atoms with van der Waals surface area (Å²) in [7, 11) is 1.09. The van der Waals surface area contributed by atoms with Gasteiger partial charge in [0.15, 0.2) is 6.10 Å². The van der Waals surface area contributed by atoms with Crippen molar-refractivity contribution in [1.82, 2.24) is 0 Å². The van der Waals surface area contributed by atoms with E-state index in [-0.39, 0.29) is 26.1 Å². The third-order valence-corrected chi connectivity index (χ3v) is 9.65. The maximum atomic E-state index is 12.6. The Morgan fingerprint density at radius 2 is 1.26 bits per heavy atom. The molecule has 0 aromatic heterocycles. The number of hydrogen-bond donors (Lipinski definition) is 1. The lowest BCUT2D eigenvalue weighted by molar-refractivity contribution is -0.870. The lowest BCUT2D eigenvalue weighted by Gasteiger charge is -2.28. The molecule has 0 aliphatic carbocycles. The molecule has 3 atom stereocenters. The predicted molar refractivity (Wildman–Crippen MR) is 219 cm³/mol. The molecule has 0 heterocycles. The average Bonchev–Trinajstić information content (AvgIpc) is 3.11. The number of unbranched alkanes of at least 4 members (excludes halogenated alkanes) is 15. The van der Waals surface area contributed by atoms with Crippen LogP contribution in [-0.2, 0) is 32.7 Å². The molecule has 1 N–H and O–H groups in total. The van der Waals surface area contributed by atoms with Crippen molar-refractivity contribution in [2.75, 3.05) is 47.5 Å². The number of phosphoric ester groups is 1. The second-order valence-corrected chi connectivity index (χ2v) is 16.6. The Morgan fingerprint density at radius 1 is 0.685 bits per heavy atom. The third-order valence-electron chi connectivity index (χ3n) is 8.68. The Morgan fingerprint density at radius 3 is 1.91 bits per heavy atom. The van der Waals surface area contributed by atoms with E-state index in [0.717, 1.165) is 19.3 Å². The van der Waals surface area contributed by atoms with Gasteiger partial charge in [-0.25, -0.2) is 0 Å². The highest BCUT2D eigenvalue weighted by molar-refractivity contribution is 7.45. The predicted octanol–water partition coefficient (Wildman–Crippen LogP) is 9.86. The molecule has 0 fully saturated rings.